The second-order valence-corrected chi connectivity index (χ2v) is 4.76. The summed E-state index contributed by atoms with van der Waals surface area (Å²) in [5.74, 6) is 0.475. The van der Waals surface area contributed by atoms with Gasteiger partial charge in [-0.05, 0) is 36.4 Å². The van der Waals surface area contributed by atoms with Crippen LogP contribution in [0.3, 0.4) is 0 Å². The number of H-pyrrole nitrogens is 1. The summed E-state index contributed by atoms with van der Waals surface area (Å²) in [5, 5.41) is 19.3. The van der Waals surface area contributed by atoms with Crippen molar-refractivity contribution in [3.8, 4) is 11.4 Å². The summed E-state index contributed by atoms with van der Waals surface area (Å²) in [6.07, 6.45) is 0. The fourth-order valence-corrected chi connectivity index (χ4v) is 1.95. The van der Waals surface area contributed by atoms with Gasteiger partial charge in [-0.15, -0.1) is 10.2 Å². The minimum Gasteiger partial charge on any atom is -0.308 e. The van der Waals surface area contributed by atoms with E-state index in [1.807, 2.05) is 43.3 Å². The van der Waals surface area contributed by atoms with E-state index in [9.17, 15) is 4.79 Å². The summed E-state index contributed by atoms with van der Waals surface area (Å²) in [6, 6.07) is 14.5. The van der Waals surface area contributed by atoms with Gasteiger partial charge in [0.05, 0.1) is 0 Å². The minimum atomic E-state index is -0.311. The fraction of sp³-hybridized carbons (Fsp3) is 0.0667. The number of rotatable bonds is 3. The summed E-state index contributed by atoms with van der Waals surface area (Å²) < 4.78 is 0. The molecule has 3 N–H and O–H groups in total. The molecule has 3 aromatic rings. The molecular formula is C15H14N6O. The second-order valence-electron chi connectivity index (χ2n) is 4.76. The third-order valence-corrected chi connectivity index (χ3v) is 3.03. The Morgan fingerprint density at radius 3 is 2.55 bits per heavy atom. The van der Waals surface area contributed by atoms with Gasteiger partial charge >= 0.3 is 6.03 Å². The molecule has 1 aromatic heterocycles. The first-order chi connectivity index (χ1) is 10.7. The van der Waals surface area contributed by atoms with Crippen LogP contribution in [0.2, 0.25) is 0 Å². The number of aryl methyl sites for hydroxylation is 1. The Bertz CT molecular complexity index is 767. The normalized spacial score (nSPS) is 10.2. The van der Waals surface area contributed by atoms with Gasteiger partial charge in [-0.25, -0.2) is 4.79 Å². The Morgan fingerprint density at radius 2 is 1.82 bits per heavy atom. The number of tetrazole rings is 1. The van der Waals surface area contributed by atoms with Crippen LogP contribution < -0.4 is 10.6 Å². The summed E-state index contributed by atoms with van der Waals surface area (Å²) in [4.78, 5) is 12.0. The summed E-state index contributed by atoms with van der Waals surface area (Å²) >= 11 is 0. The van der Waals surface area contributed by atoms with Gasteiger partial charge in [0.15, 0.2) is 0 Å². The van der Waals surface area contributed by atoms with Gasteiger partial charge in [-0.2, -0.15) is 5.21 Å². The number of aromatic nitrogens is 4. The molecule has 7 nitrogen and oxygen atoms in total. The van der Waals surface area contributed by atoms with Crippen molar-refractivity contribution in [3.05, 3.63) is 54.1 Å². The highest BCUT2D eigenvalue weighted by atomic mass is 16.2. The van der Waals surface area contributed by atoms with Crippen molar-refractivity contribution in [2.45, 2.75) is 6.92 Å². The van der Waals surface area contributed by atoms with Crippen LogP contribution in [0, 0.1) is 6.92 Å². The van der Waals surface area contributed by atoms with Crippen LogP contribution in [0.1, 0.15) is 5.56 Å². The van der Waals surface area contributed by atoms with Crippen LogP contribution in [0.5, 0.6) is 0 Å². The third-order valence-electron chi connectivity index (χ3n) is 3.03. The van der Waals surface area contributed by atoms with E-state index >= 15 is 0 Å². The number of benzene rings is 2. The average molecular weight is 294 g/mol. The van der Waals surface area contributed by atoms with E-state index in [0.29, 0.717) is 11.5 Å². The molecule has 0 radical (unpaired) electrons. The maximum absolute atomic E-state index is 12.0. The van der Waals surface area contributed by atoms with Gasteiger partial charge in [0.25, 0.3) is 0 Å². The summed E-state index contributed by atoms with van der Waals surface area (Å²) in [6.45, 7) is 1.99. The van der Waals surface area contributed by atoms with E-state index in [4.69, 9.17) is 0 Å². The van der Waals surface area contributed by atoms with E-state index in [-0.39, 0.29) is 6.03 Å². The molecule has 0 aliphatic rings. The molecule has 0 aliphatic heterocycles. The van der Waals surface area contributed by atoms with Crippen LogP contribution in [0.15, 0.2) is 48.5 Å². The van der Waals surface area contributed by atoms with Crippen LogP contribution in [-0.4, -0.2) is 26.7 Å². The number of hydrogen-bond donors (Lipinski definition) is 3. The molecule has 0 spiro atoms. The quantitative estimate of drug-likeness (QED) is 0.692. The van der Waals surface area contributed by atoms with Crippen LogP contribution in [0.4, 0.5) is 16.2 Å². The highest BCUT2D eigenvalue weighted by Gasteiger charge is 2.06. The zero-order valence-electron chi connectivity index (χ0n) is 11.9. The second kappa shape index (κ2) is 6.04. The van der Waals surface area contributed by atoms with Gasteiger partial charge in [0, 0.05) is 16.9 Å². The van der Waals surface area contributed by atoms with Crippen LogP contribution in [0.25, 0.3) is 11.4 Å². The number of urea groups is 1. The topological polar surface area (TPSA) is 95.6 Å². The number of amides is 2. The molecule has 0 saturated heterocycles. The van der Waals surface area contributed by atoms with Crippen LogP contribution >= 0.6 is 0 Å². The molecule has 1 heterocycles. The van der Waals surface area contributed by atoms with Crippen molar-refractivity contribution in [1.29, 1.82) is 0 Å². The van der Waals surface area contributed by atoms with E-state index in [0.717, 1.165) is 16.8 Å². The molecule has 0 fully saturated rings. The van der Waals surface area contributed by atoms with Gasteiger partial charge in [-0.3, -0.25) is 0 Å². The Labute approximate surface area is 126 Å². The zero-order chi connectivity index (χ0) is 15.4. The molecule has 0 saturated carbocycles. The fourth-order valence-electron chi connectivity index (χ4n) is 1.95. The number of nitrogens with zero attached hydrogens (tertiary/aromatic N) is 3. The first kappa shape index (κ1) is 13.7. The van der Waals surface area contributed by atoms with Crippen molar-refractivity contribution in [2.24, 2.45) is 0 Å². The molecular weight excluding hydrogens is 280 g/mol. The first-order valence-corrected chi connectivity index (χ1v) is 6.69. The summed E-state index contributed by atoms with van der Waals surface area (Å²) in [5.41, 5.74) is 3.28. The lowest BCUT2D eigenvalue weighted by Crippen LogP contribution is -2.19. The Hall–Kier alpha value is -3.22. The predicted octanol–water partition coefficient (Wildman–Crippen LogP) is 2.82. The number of anilines is 2. The van der Waals surface area contributed by atoms with Gasteiger partial charge < -0.3 is 10.6 Å². The first-order valence-electron chi connectivity index (χ1n) is 6.69. The zero-order valence-corrected chi connectivity index (χ0v) is 11.9. The van der Waals surface area contributed by atoms with Crippen molar-refractivity contribution in [2.75, 3.05) is 10.6 Å². The van der Waals surface area contributed by atoms with Crippen molar-refractivity contribution >= 4 is 17.4 Å². The van der Waals surface area contributed by atoms with E-state index < -0.39 is 0 Å². The standard InChI is InChI=1S/C15H14N6O/c1-10-5-7-12(8-6-10)16-15(22)17-13-4-2-3-11(9-13)14-18-20-21-19-14/h2-9H,1H3,(H2,16,17,22)(H,18,19,20,21). The number of aromatic amines is 1. The molecule has 7 heteroatoms. The van der Waals surface area contributed by atoms with E-state index in [1.54, 1.807) is 12.1 Å². The number of nitrogens with one attached hydrogen (secondary N) is 3. The van der Waals surface area contributed by atoms with E-state index in [2.05, 4.69) is 31.3 Å². The largest absolute Gasteiger partial charge is 0.323 e. The Morgan fingerprint density at radius 1 is 1.05 bits per heavy atom. The average Bonchev–Trinajstić information content (AvgIpc) is 3.04. The molecule has 0 unspecified atom stereocenters. The third kappa shape index (κ3) is 3.26. The minimum absolute atomic E-state index is 0.311. The maximum Gasteiger partial charge on any atom is 0.323 e. The lowest BCUT2D eigenvalue weighted by molar-refractivity contribution is 0.262. The highest BCUT2D eigenvalue weighted by molar-refractivity contribution is 6.00. The molecule has 22 heavy (non-hydrogen) atoms. The lowest BCUT2D eigenvalue weighted by Gasteiger charge is -2.08. The number of carbonyl (C=O) groups is 1. The molecule has 2 amide bonds. The molecule has 0 aliphatic carbocycles. The monoisotopic (exact) mass is 294 g/mol. The van der Waals surface area contributed by atoms with Crippen molar-refractivity contribution < 1.29 is 4.79 Å². The Kier molecular flexibility index (Phi) is 3.78. The number of carbonyl (C=O) groups excluding carboxylic acids is 1. The van der Waals surface area contributed by atoms with Crippen molar-refractivity contribution in [1.82, 2.24) is 20.6 Å². The van der Waals surface area contributed by atoms with Crippen LogP contribution in [-0.2, 0) is 0 Å². The smallest absolute Gasteiger partial charge is 0.308 e. The molecule has 2 aromatic carbocycles. The predicted molar refractivity (Wildman–Crippen MR) is 83.4 cm³/mol. The molecule has 0 atom stereocenters. The number of hydrogen-bond acceptors (Lipinski definition) is 4. The van der Waals surface area contributed by atoms with Crippen molar-refractivity contribution in [3.63, 3.8) is 0 Å². The van der Waals surface area contributed by atoms with E-state index in [1.165, 1.54) is 0 Å². The molecule has 110 valence electrons. The SMILES string of the molecule is Cc1ccc(NC(=O)Nc2cccc(-c3nn[nH]n3)c2)cc1. The summed E-state index contributed by atoms with van der Waals surface area (Å²) in [7, 11) is 0. The molecule has 0 bridgehead atoms. The highest BCUT2D eigenvalue weighted by Crippen LogP contribution is 2.18. The maximum atomic E-state index is 12.0. The Balaban J connectivity index is 1.69. The lowest BCUT2D eigenvalue weighted by atomic mass is 10.2. The molecule has 3 rings (SSSR count). The van der Waals surface area contributed by atoms with Gasteiger partial charge in [0.1, 0.15) is 0 Å². The van der Waals surface area contributed by atoms with Gasteiger partial charge in [0.2, 0.25) is 5.82 Å². The van der Waals surface area contributed by atoms with Gasteiger partial charge in [-0.1, -0.05) is 29.8 Å².